The quantitative estimate of drug-likeness (QED) is 0.690. The zero-order chi connectivity index (χ0) is 19.0. The lowest BCUT2D eigenvalue weighted by Crippen LogP contribution is -2.38. The maximum Gasteiger partial charge on any atom is 0.259 e. The predicted octanol–water partition coefficient (Wildman–Crippen LogP) is 4.10. The van der Waals surface area contributed by atoms with E-state index >= 15 is 0 Å². The summed E-state index contributed by atoms with van der Waals surface area (Å²) in [4.78, 5) is 14.9. The molecule has 1 aliphatic rings. The lowest BCUT2D eigenvalue weighted by atomic mass is 9.91. The van der Waals surface area contributed by atoms with Gasteiger partial charge in [0.05, 0.1) is 11.4 Å². The van der Waals surface area contributed by atoms with E-state index in [1.807, 2.05) is 18.7 Å². The molecular weight excluding hydrogens is 349 g/mol. The van der Waals surface area contributed by atoms with E-state index in [1.54, 1.807) is 6.07 Å². The van der Waals surface area contributed by atoms with Gasteiger partial charge in [0, 0.05) is 36.9 Å². The fourth-order valence-corrected chi connectivity index (χ4v) is 3.83. The highest BCUT2D eigenvalue weighted by Gasteiger charge is 2.31. The summed E-state index contributed by atoms with van der Waals surface area (Å²) in [6.07, 6.45) is 2.90. The van der Waals surface area contributed by atoms with Crippen molar-refractivity contribution in [3.8, 4) is 0 Å². The number of benzene rings is 1. The van der Waals surface area contributed by atoms with Gasteiger partial charge in [-0.05, 0) is 31.4 Å². The number of amides is 1. The van der Waals surface area contributed by atoms with E-state index in [2.05, 4.69) is 10.3 Å². The molecule has 0 N–H and O–H groups in total. The monoisotopic (exact) mass is 371 g/mol. The largest absolute Gasteiger partial charge is 0.360 e. The Balaban J connectivity index is 1.50. The molecule has 0 spiro atoms. The smallest absolute Gasteiger partial charge is 0.259 e. The second-order valence-corrected chi connectivity index (χ2v) is 6.91. The molecule has 7 heteroatoms. The zero-order valence-corrected chi connectivity index (χ0v) is 15.5. The Morgan fingerprint density at radius 1 is 1.19 bits per heavy atom. The number of hydrogen-bond acceptors (Lipinski definition) is 5. The Morgan fingerprint density at radius 3 is 2.67 bits per heavy atom. The molecule has 142 valence electrons. The van der Waals surface area contributed by atoms with Gasteiger partial charge < -0.3 is 13.9 Å². The third-order valence-corrected chi connectivity index (χ3v) is 5.33. The van der Waals surface area contributed by atoms with Crippen LogP contribution in [0.2, 0.25) is 0 Å². The third kappa shape index (κ3) is 3.11. The van der Waals surface area contributed by atoms with Crippen LogP contribution in [0.25, 0.3) is 11.0 Å². The van der Waals surface area contributed by atoms with Crippen molar-refractivity contribution < 1.29 is 18.2 Å². The molecule has 6 nitrogen and oxygen atoms in total. The number of carbonyl (C=O) groups excluding carboxylic acids is 1. The molecule has 0 aliphatic carbocycles. The number of rotatable bonds is 4. The second kappa shape index (κ2) is 7.13. The van der Waals surface area contributed by atoms with Crippen LogP contribution in [-0.2, 0) is 12.8 Å². The molecule has 1 aliphatic heterocycles. The van der Waals surface area contributed by atoms with Gasteiger partial charge in [0.2, 0.25) is 0 Å². The number of hydrogen-bond donors (Lipinski definition) is 0. The van der Waals surface area contributed by atoms with Crippen LogP contribution in [-0.4, -0.2) is 34.2 Å². The predicted molar refractivity (Wildman–Crippen MR) is 97.1 cm³/mol. The summed E-state index contributed by atoms with van der Waals surface area (Å²) in [5.41, 5.74) is 2.67. The highest BCUT2D eigenvalue weighted by Crippen LogP contribution is 2.33. The van der Waals surface area contributed by atoms with E-state index < -0.39 is 0 Å². The van der Waals surface area contributed by atoms with Crippen LogP contribution in [0.5, 0.6) is 0 Å². The first-order valence-electron chi connectivity index (χ1n) is 9.43. The zero-order valence-electron chi connectivity index (χ0n) is 15.5. The molecule has 0 radical (unpaired) electrons. The summed E-state index contributed by atoms with van der Waals surface area (Å²) in [6, 6.07) is 4.49. The van der Waals surface area contributed by atoms with Crippen LogP contribution in [0, 0.1) is 5.82 Å². The van der Waals surface area contributed by atoms with E-state index in [4.69, 9.17) is 9.05 Å². The molecule has 1 amide bonds. The van der Waals surface area contributed by atoms with Crippen LogP contribution in [0.1, 0.15) is 60.1 Å². The first-order valence-corrected chi connectivity index (χ1v) is 9.43. The van der Waals surface area contributed by atoms with Crippen molar-refractivity contribution in [1.29, 1.82) is 0 Å². The highest BCUT2D eigenvalue weighted by atomic mass is 19.1. The summed E-state index contributed by atoms with van der Waals surface area (Å²) in [7, 11) is 0. The molecule has 0 unspecified atom stereocenters. The number of fused-ring (bicyclic) bond motifs is 1. The highest BCUT2D eigenvalue weighted by molar-refractivity contribution is 5.96. The fraction of sp³-hybridized carbons (Fsp3) is 0.450. The average molecular weight is 371 g/mol. The van der Waals surface area contributed by atoms with Gasteiger partial charge in [-0.25, -0.2) is 4.39 Å². The van der Waals surface area contributed by atoms with Crippen LogP contribution < -0.4 is 0 Å². The topological polar surface area (TPSA) is 72.4 Å². The van der Waals surface area contributed by atoms with Gasteiger partial charge in [-0.1, -0.05) is 24.2 Å². The molecule has 3 aromatic rings. The standard InChI is InChI=1S/C20H22FN3O3/c1-3-15-18(16(4-2)26-22-15)20(25)24-9-7-12(8-10-24)19-14-6-5-13(21)11-17(14)27-23-19/h5-6,11-12H,3-4,7-10H2,1-2H3. The summed E-state index contributed by atoms with van der Waals surface area (Å²) in [5.74, 6) is 0.510. The SMILES string of the molecule is CCc1noc(CC)c1C(=O)N1CCC(c2noc3cc(F)ccc23)CC1. The number of nitrogens with zero attached hydrogens (tertiary/aromatic N) is 3. The maximum absolute atomic E-state index is 13.3. The lowest BCUT2D eigenvalue weighted by Gasteiger charge is -2.31. The normalized spacial score (nSPS) is 15.6. The van der Waals surface area contributed by atoms with E-state index in [0.717, 1.165) is 29.6 Å². The summed E-state index contributed by atoms with van der Waals surface area (Å²) in [6.45, 7) is 5.20. The van der Waals surface area contributed by atoms with Crippen LogP contribution in [0.4, 0.5) is 4.39 Å². The minimum atomic E-state index is -0.335. The number of likely N-dealkylation sites (tertiary alicyclic amines) is 1. The number of carbonyl (C=O) groups is 1. The Bertz CT molecular complexity index is 949. The molecule has 2 aromatic heterocycles. The van der Waals surface area contributed by atoms with Gasteiger partial charge >= 0.3 is 0 Å². The van der Waals surface area contributed by atoms with E-state index in [9.17, 15) is 9.18 Å². The van der Waals surface area contributed by atoms with Gasteiger partial charge in [0.1, 0.15) is 17.1 Å². The van der Waals surface area contributed by atoms with Crippen LogP contribution in [0.3, 0.4) is 0 Å². The molecule has 0 bridgehead atoms. The molecular formula is C20H22FN3O3. The Labute approximate surface area is 156 Å². The van der Waals surface area contributed by atoms with Crippen molar-refractivity contribution >= 4 is 16.9 Å². The maximum atomic E-state index is 13.3. The molecule has 0 saturated carbocycles. The van der Waals surface area contributed by atoms with E-state index in [0.29, 0.717) is 42.8 Å². The Morgan fingerprint density at radius 2 is 1.96 bits per heavy atom. The number of piperidine rings is 1. The van der Waals surface area contributed by atoms with E-state index in [1.165, 1.54) is 12.1 Å². The van der Waals surface area contributed by atoms with Crippen molar-refractivity contribution in [1.82, 2.24) is 15.2 Å². The molecule has 4 rings (SSSR count). The minimum absolute atomic E-state index is 0.00418. The van der Waals surface area contributed by atoms with Gasteiger partial charge in [0.25, 0.3) is 5.91 Å². The molecule has 0 atom stereocenters. The van der Waals surface area contributed by atoms with Gasteiger partial charge in [-0.3, -0.25) is 4.79 Å². The Kier molecular flexibility index (Phi) is 4.68. The summed E-state index contributed by atoms with van der Waals surface area (Å²) < 4.78 is 24.0. The number of halogens is 1. The number of aryl methyl sites for hydroxylation is 2. The first-order chi connectivity index (χ1) is 13.1. The molecule has 1 saturated heterocycles. The van der Waals surface area contributed by atoms with Crippen molar-refractivity contribution in [2.45, 2.75) is 45.4 Å². The first kappa shape index (κ1) is 17.7. The molecule has 27 heavy (non-hydrogen) atoms. The minimum Gasteiger partial charge on any atom is -0.360 e. The van der Waals surface area contributed by atoms with Crippen molar-refractivity contribution in [3.05, 3.63) is 46.7 Å². The van der Waals surface area contributed by atoms with Gasteiger partial charge in [0.15, 0.2) is 5.58 Å². The van der Waals surface area contributed by atoms with Crippen LogP contribution >= 0.6 is 0 Å². The van der Waals surface area contributed by atoms with E-state index in [-0.39, 0.29) is 17.6 Å². The van der Waals surface area contributed by atoms with Crippen molar-refractivity contribution in [3.63, 3.8) is 0 Å². The summed E-state index contributed by atoms with van der Waals surface area (Å²) >= 11 is 0. The second-order valence-electron chi connectivity index (χ2n) is 6.91. The molecule has 1 aromatic carbocycles. The van der Waals surface area contributed by atoms with Crippen LogP contribution in [0.15, 0.2) is 27.2 Å². The number of aromatic nitrogens is 2. The van der Waals surface area contributed by atoms with Gasteiger partial charge in [-0.2, -0.15) is 0 Å². The van der Waals surface area contributed by atoms with Crippen molar-refractivity contribution in [2.75, 3.05) is 13.1 Å². The Hall–Kier alpha value is -2.70. The molecule has 1 fully saturated rings. The van der Waals surface area contributed by atoms with Crippen molar-refractivity contribution in [2.24, 2.45) is 0 Å². The fourth-order valence-electron chi connectivity index (χ4n) is 3.83. The lowest BCUT2D eigenvalue weighted by molar-refractivity contribution is 0.0708. The average Bonchev–Trinajstić information content (AvgIpc) is 3.30. The molecule has 3 heterocycles. The van der Waals surface area contributed by atoms with Gasteiger partial charge in [-0.15, -0.1) is 0 Å². The third-order valence-electron chi connectivity index (χ3n) is 5.33. The summed E-state index contributed by atoms with van der Waals surface area (Å²) in [5, 5.41) is 9.06.